The van der Waals surface area contributed by atoms with Gasteiger partial charge in [-0.25, -0.2) is 0 Å². The van der Waals surface area contributed by atoms with E-state index in [1.807, 2.05) is 17.0 Å². The molecule has 1 aliphatic rings. The number of rotatable bonds is 4. The molecule has 0 atom stereocenters. The molecule has 3 aromatic rings. The second kappa shape index (κ2) is 8.47. The maximum atomic E-state index is 12.8. The van der Waals surface area contributed by atoms with E-state index in [1.165, 1.54) is 0 Å². The SMILES string of the molecule is COc1cccc(C(=O)N2CCN(c3oc(-c4ccccc4Cl)nc3C#N)CC2)c1. The minimum absolute atomic E-state index is 0.0524. The van der Waals surface area contributed by atoms with Crippen LogP contribution in [0.1, 0.15) is 16.1 Å². The zero-order valence-corrected chi connectivity index (χ0v) is 17.1. The number of benzene rings is 2. The van der Waals surface area contributed by atoms with E-state index >= 15 is 0 Å². The molecule has 1 amide bonds. The normalized spacial score (nSPS) is 13.8. The summed E-state index contributed by atoms with van der Waals surface area (Å²) in [4.78, 5) is 20.8. The Hall–Kier alpha value is -3.50. The highest BCUT2D eigenvalue weighted by Gasteiger charge is 2.27. The Bertz CT molecular complexity index is 1110. The lowest BCUT2D eigenvalue weighted by atomic mass is 10.1. The van der Waals surface area contributed by atoms with Gasteiger partial charge in [-0.15, -0.1) is 0 Å². The van der Waals surface area contributed by atoms with Gasteiger partial charge in [0.15, 0.2) is 0 Å². The van der Waals surface area contributed by atoms with Gasteiger partial charge in [0.2, 0.25) is 17.5 Å². The first-order valence-corrected chi connectivity index (χ1v) is 9.82. The molecule has 7 nitrogen and oxygen atoms in total. The maximum Gasteiger partial charge on any atom is 0.254 e. The van der Waals surface area contributed by atoms with Crippen LogP contribution in [0.25, 0.3) is 11.5 Å². The Balaban J connectivity index is 1.50. The second-order valence-corrected chi connectivity index (χ2v) is 7.18. The third-order valence-electron chi connectivity index (χ3n) is 4.99. The van der Waals surface area contributed by atoms with Gasteiger partial charge in [-0.05, 0) is 30.3 Å². The molecule has 8 heteroatoms. The number of carbonyl (C=O) groups is 1. The number of halogens is 1. The molecule has 2 aromatic carbocycles. The van der Waals surface area contributed by atoms with Crippen LogP contribution >= 0.6 is 11.6 Å². The second-order valence-electron chi connectivity index (χ2n) is 6.78. The number of methoxy groups -OCH3 is 1. The van der Waals surface area contributed by atoms with Crippen molar-refractivity contribution >= 4 is 23.4 Å². The summed E-state index contributed by atoms with van der Waals surface area (Å²) in [5, 5.41) is 10.0. The fourth-order valence-electron chi connectivity index (χ4n) is 3.40. The van der Waals surface area contributed by atoms with Gasteiger partial charge in [0.25, 0.3) is 5.91 Å². The minimum atomic E-state index is -0.0524. The number of oxazole rings is 1. The molecule has 0 bridgehead atoms. The van der Waals surface area contributed by atoms with E-state index in [4.69, 9.17) is 20.8 Å². The standard InChI is InChI=1S/C22H19ClN4O3/c1-29-16-6-4-5-15(13-16)21(28)26-9-11-27(12-10-26)22-19(14-24)25-20(30-22)17-7-2-3-8-18(17)23/h2-8,13H,9-12H2,1H3. The largest absolute Gasteiger partial charge is 0.497 e. The molecule has 1 aliphatic heterocycles. The van der Waals surface area contributed by atoms with Crippen molar-refractivity contribution in [1.29, 1.82) is 5.26 Å². The van der Waals surface area contributed by atoms with Gasteiger partial charge in [0, 0.05) is 31.7 Å². The lowest BCUT2D eigenvalue weighted by molar-refractivity contribution is 0.0745. The molecule has 1 saturated heterocycles. The molecule has 2 heterocycles. The summed E-state index contributed by atoms with van der Waals surface area (Å²) in [6, 6.07) is 16.4. The number of ether oxygens (including phenoxy) is 1. The zero-order chi connectivity index (χ0) is 21.1. The van der Waals surface area contributed by atoms with E-state index in [1.54, 1.807) is 48.4 Å². The summed E-state index contributed by atoms with van der Waals surface area (Å²) in [7, 11) is 1.57. The van der Waals surface area contributed by atoms with Crippen LogP contribution < -0.4 is 9.64 Å². The summed E-state index contributed by atoms with van der Waals surface area (Å²) < 4.78 is 11.1. The van der Waals surface area contributed by atoms with Gasteiger partial charge in [0.1, 0.15) is 11.8 Å². The topological polar surface area (TPSA) is 82.6 Å². The molecular weight excluding hydrogens is 404 g/mol. The van der Waals surface area contributed by atoms with Crippen molar-refractivity contribution in [2.75, 3.05) is 38.2 Å². The van der Waals surface area contributed by atoms with E-state index in [-0.39, 0.29) is 11.6 Å². The number of hydrogen-bond acceptors (Lipinski definition) is 6. The molecule has 1 aromatic heterocycles. The Morgan fingerprint density at radius 3 is 2.63 bits per heavy atom. The highest BCUT2D eigenvalue weighted by molar-refractivity contribution is 6.33. The first-order valence-electron chi connectivity index (χ1n) is 9.45. The van der Waals surface area contributed by atoms with Gasteiger partial charge >= 0.3 is 0 Å². The quantitative estimate of drug-likeness (QED) is 0.635. The van der Waals surface area contributed by atoms with Crippen LogP contribution in [0.15, 0.2) is 52.9 Å². The highest BCUT2D eigenvalue weighted by atomic mass is 35.5. The molecule has 30 heavy (non-hydrogen) atoms. The van der Waals surface area contributed by atoms with Crippen LogP contribution in [0.3, 0.4) is 0 Å². The zero-order valence-electron chi connectivity index (χ0n) is 16.3. The summed E-state index contributed by atoms with van der Waals surface area (Å²) in [6.45, 7) is 2.06. The van der Waals surface area contributed by atoms with Crippen molar-refractivity contribution in [1.82, 2.24) is 9.88 Å². The van der Waals surface area contributed by atoms with Crippen LogP contribution in [0.4, 0.5) is 5.88 Å². The Labute approximate surface area is 179 Å². The van der Waals surface area contributed by atoms with Crippen molar-refractivity contribution in [2.45, 2.75) is 0 Å². The summed E-state index contributed by atoms with van der Waals surface area (Å²) in [5.41, 5.74) is 1.42. The van der Waals surface area contributed by atoms with Crippen molar-refractivity contribution < 1.29 is 13.9 Å². The molecular formula is C22H19ClN4O3. The molecule has 0 unspecified atom stereocenters. The monoisotopic (exact) mass is 422 g/mol. The average Bonchev–Trinajstić information content (AvgIpc) is 3.23. The highest BCUT2D eigenvalue weighted by Crippen LogP contribution is 2.32. The first kappa shape index (κ1) is 19.8. The first-order chi connectivity index (χ1) is 14.6. The molecule has 0 aliphatic carbocycles. The van der Waals surface area contributed by atoms with E-state index in [0.717, 1.165) is 0 Å². The number of piperazine rings is 1. The third kappa shape index (κ3) is 3.82. The van der Waals surface area contributed by atoms with E-state index in [2.05, 4.69) is 11.1 Å². The predicted octanol–water partition coefficient (Wildman–Crippen LogP) is 3.84. The van der Waals surface area contributed by atoms with Gasteiger partial charge in [-0.1, -0.05) is 29.8 Å². The molecule has 1 fully saturated rings. The average molecular weight is 423 g/mol. The van der Waals surface area contributed by atoms with Crippen LogP contribution in [0.5, 0.6) is 5.75 Å². The number of nitrogens with zero attached hydrogens (tertiary/aromatic N) is 4. The van der Waals surface area contributed by atoms with Crippen LogP contribution in [0, 0.1) is 11.3 Å². The lowest BCUT2D eigenvalue weighted by Crippen LogP contribution is -2.48. The van der Waals surface area contributed by atoms with E-state index in [9.17, 15) is 10.1 Å². The fourth-order valence-corrected chi connectivity index (χ4v) is 3.62. The Morgan fingerprint density at radius 1 is 1.17 bits per heavy atom. The molecule has 152 valence electrons. The number of nitriles is 1. The summed E-state index contributed by atoms with van der Waals surface area (Å²) in [5.74, 6) is 1.30. The smallest absolute Gasteiger partial charge is 0.254 e. The number of hydrogen-bond donors (Lipinski definition) is 0. The van der Waals surface area contributed by atoms with E-state index in [0.29, 0.717) is 59.9 Å². The molecule has 0 saturated carbocycles. The van der Waals surface area contributed by atoms with Gasteiger partial charge in [-0.2, -0.15) is 10.2 Å². The number of aromatic nitrogens is 1. The summed E-state index contributed by atoms with van der Waals surface area (Å²) in [6.07, 6.45) is 0. The Kier molecular flexibility index (Phi) is 5.59. The van der Waals surface area contributed by atoms with E-state index < -0.39 is 0 Å². The number of carbonyl (C=O) groups excluding carboxylic acids is 1. The molecule has 4 rings (SSSR count). The van der Waals surface area contributed by atoms with Crippen molar-refractivity contribution in [3.63, 3.8) is 0 Å². The van der Waals surface area contributed by atoms with Gasteiger partial charge in [0.05, 0.1) is 17.7 Å². The van der Waals surface area contributed by atoms with Crippen molar-refractivity contribution in [3.8, 4) is 23.3 Å². The predicted molar refractivity (Wildman–Crippen MR) is 113 cm³/mol. The number of amides is 1. The van der Waals surface area contributed by atoms with Crippen LogP contribution in [-0.2, 0) is 0 Å². The van der Waals surface area contributed by atoms with Gasteiger partial charge in [-0.3, -0.25) is 4.79 Å². The van der Waals surface area contributed by atoms with Crippen molar-refractivity contribution in [2.24, 2.45) is 0 Å². The molecule has 0 radical (unpaired) electrons. The molecule has 0 N–H and O–H groups in total. The number of anilines is 1. The van der Waals surface area contributed by atoms with Crippen molar-refractivity contribution in [3.05, 3.63) is 64.8 Å². The fraction of sp³-hybridized carbons (Fsp3) is 0.227. The lowest BCUT2D eigenvalue weighted by Gasteiger charge is -2.34. The third-order valence-corrected chi connectivity index (χ3v) is 5.32. The van der Waals surface area contributed by atoms with Gasteiger partial charge < -0.3 is 19.0 Å². The maximum absolute atomic E-state index is 12.8. The molecule has 0 spiro atoms. The minimum Gasteiger partial charge on any atom is -0.497 e. The van der Waals surface area contributed by atoms with Crippen LogP contribution in [-0.4, -0.2) is 49.1 Å². The van der Waals surface area contributed by atoms with Crippen LogP contribution in [0.2, 0.25) is 5.02 Å². The Morgan fingerprint density at radius 2 is 1.93 bits per heavy atom. The summed E-state index contributed by atoms with van der Waals surface area (Å²) >= 11 is 6.23.